The zero-order valence-electron chi connectivity index (χ0n) is 13.0. The van der Waals surface area contributed by atoms with E-state index in [9.17, 15) is 19.2 Å². The first-order valence-electron chi connectivity index (χ1n) is 7.02. The van der Waals surface area contributed by atoms with Crippen molar-refractivity contribution in [1.82, 2.24) is 5.06 Å². The minimum atomic E-state index is -0.824. The van der Waals surface area contributed by atoms with E-state index in [0.29, 0.717) is 18.1 Å². The van der Waals surface area contributed by atoms with Gasteiger partial charge in [0, 0.05) is 33.0 Å². The second-order valence-corrected chi connectivity index (χ2v) is 5.52. The predicted octanol–water partition coefficient (Wildman–Crippen LogP) is 0.732. The van der Waals surface area contributed by atoms with Crippen LogP contribution in [0.5, 0.6) is 0 Å². The number of ether oxygens (including phenoxy) is 2. The Morgan fingerprint density at radius 3 is 2.18 bits per heavy atom. The van der Waals surface area contributed by atoms with E-state index in [-0.39, 0.29) is 25.7 Å². The van der Waals surface area contributed by atoms with Gasteiger partial charge in [-0.05, 0) is 13.8 Å². The quantitative estimate of drug-likeness (QED) is 0.481. The van der Waals surface area contributed by atoms with Crippen LogP contribution in [0.25, 0.3) is 0 Å². The maximum Gasteiger partial charge on any atom is 0.333 e. The highest BCUT2D eigenvalue weighted by molar-refractivity contribution is 6.01. The Balaban J connectivity index is 2.33. The van der Waals surface area contributed by atoms with E-state index >= 15 is 0 Å². The van der Waals surface area contributed by atoms with E-state index < -0.39 is 29.4 Å². The molecule has 1 fully saturated rings. The molecule has 124 valence electrons. The van der Waals surface area contributed by atoms with Crippen molar-refractivity contribution in [3.8, 4) is 0 Å². The van der Waals surface area contributed by atoms with Crippen LogP contribution in [0.1, 0.15) is 46.0 Å². The van der Waals surface area contributed by atoms with Crippen molar-refractivity contribution >= 4 is 23.8 Å². The number of imide groups is 1. The van der Waals surface area contributed by atoms with Gasteiger partial charge in [0.2, 0.25) is 0 Å². The van der Waals surface area contributed by atoms with E-state index in [4.69, 9.17) is 9.47 Å². The number of hydrogen-bond acceptors (Lipinski definition) is 7. The topological polar surface area (TPSA) is 99.2 Å². The molecule has 1 aliphatic rings. The third-order valence-electron chi connectivity index (χ3n) is 3.03. The van der Waals surface area contributed by atoms with Crippen molar-refractivity contribution in [2.24, 2.45) is 0 Å². The highest BCUT2D eigenvalue weighted by Gasteiger charge is 2.33. The highest BCUT2D eigenvalue weighted by atomic mass is 16.7. The van der Waals surface area contributed by atoms with Crippen LogP contribution in [-0.2, 0) is 33.5 Å². The molecule has 0 saturated carbocycles. The van der Waals surface area contributed by atoms with Gasteiger partial charge in [-0.25, -0.2) is 4.79 Å². The largest absolute Gasteiger partial charge is 0.460 e. The van der Waals surface area contributed by atoms with Crippen LogP contribution in [0.4, 0.5) is 0 Å². The molecule has 8 heteroatoms. The van der Waals surface area contributed by atoms with Crippen LogP contribution in [0, 0.1) is 0 Å². The molecule has 0 aromatic carbocycles. The average molecular weight is 315 g/mol. The van der Waals surface area contributed by atoms with Gasteiger partial charge in [-0.2, -0.15) is 0 Å². The third-order valence-corrected chi connectivity index (χ3v) is 3.03. The lowest BCUT2D eigenvalue weighted by Gasteiger charge is -2.24. The van der Waals surface area contributed by atoms with Gasteiger partial charge >= 0.3 is 11.9 Å². The molecule has 1 rings (SSSR count). The fraction of sp³-hybridized carbons (Fsp3) is 0.714. The number of carbonyl (C=O) groups is 4. The standard InChI is InChI=1S/C14H21NO7/c1-14(2,8-9-20-3)21-12(18)6-7-13(19)22-15-10(16)4-5-11(15)17/h4-9H2,1-3H3. The second kappa shape index (κ2) is 7.88. The molecule has 0 bridgehead atoms. The summed E-state index contributed by atoms with van der Waals surface area (Å²) in [7, 11) is 1.55. The molecule has 1 aliphatic heterocycles. The molecule has 1 heterocycles. The summed E-state index contributed by atoms with van der Waals surface area (Å²) in [4.78, 5) is 50.4. The number of hydroxylamine groups is 2. The van der Waals surface area contributed by atoms with Gasteiger partial charge in [-0.1, -0.05) is 0 Å². The number of amides is 2. The van der Waals surface area contributed by atoms with Crippen molar-refractivity contribution in [2.75, 3.05) is 13.7 Å². The lowest BCUT2D eigenvalue weighted by atomic mass is 10.1. The minimum absolute atomic E-state index is 0.0296. The first-order chi connectivity index (χ1) is 10.2. The van der Waals surface area contributed by atoms with E-state index in [1.807, 2.05) is 0 Å². The van der Waals surface area contributed by atoms with Crippen LogP contribution in [0.2, 0.25) is 0 Å². The summed E-state index contributed by atoms with van der Waals surface area (Å²) >= 11 is 0. The van der Waals surface area contributed by atoms with Crippen molar-refractivity contribution in [3.05, 3.63) is 0 Å². The number of carbonyl (C=O) groups excluding carboxylic acids is 4. The molecule has 0 atom stereocenters. The van der Waals surface area contributed by atoms with Crippen molar-refractivity contribution < 1.29 is 33.5 Å². The summed E-state index contributed by atoms with van der Waals surface area (Å²) in [5.41, 5.74) is -0.697. The molecule has 2 amide bonds. The fourth-order valence-electron chi connectivity index (χ4n) is 1.77. The molecular formula is C14H21NO7. The first kappa shape index (κ1) is 18.1. The van der Waals surface area contributed by atoms with Crippen molar-refractivity contribution in [2.45, 2.75) is 51.6 Å². The lowest BCUT2D eigenvalue weighted by Crippen LogP contribution is -2.33. The Labute approximate surface area is 128 Å². The van der Waals surface area contributed by atoms with Gasteiger partial charge in [0.05, 0.1) is 12.8 Å². The summed E-state index contributed by atoms with van der Waals surface area (Å²) in [6.07, 6.45) is 0.127. The van der Waals surface area contributed by atoms with Crippen molar-refractivity contribution in [3.63, 3.8) is 0 Å². The maximum atomic E-state index is 11.7. The van der Waals surface area contributed by atoms with E-state index in [1.54, 1.807) is 21.0 Å². The first-order valence-corrected chi connectivity index (χ1v) is 7.02. The van der Waals surface area contributed by atoms with Crippen LogP contribution in [-0.4, -0.2) is 48.1 Å². The molecule has 0 aromatic rings. The van der Waals surface area contributed by atoms with Gasteiger partial charge < -0.3 is 14.3 Å². The number of hydrogen-bond donors (Lipinski definition) is 0. The SMILES string of the molecule is COCCC(C)(C)OC(=O)CCC(=O)ON1C(=O)CCC1=O. The van der Waals surface area contributed by atoms with Crippen LogP contribution in [0.3, 0.4) is 0 Å². The molecule has 0 aliphatic carbocycles. The molecular weight excluding hydrogens is 294 g/mol. The van der Waals surface area contributed by atoms with Crippen molar-refractivity contribution in [1.29, 1.82) is 0 Å². The summed E-state index contributed by atoms with van der Waals surface area (Å²) in [6.45, 7) is 3.93. The van der Waals surface area contributed by atoms with E-state index in [0.717, 1.165) is 0 Å². The average Bonchev–Trinajstić information content (AvgIpc) is 2.74. The normalized spacial score (nSPS) is 15.1. The highest BCUT2D eigenvalue weighted by Crippen LogP contribution is 2.17. The Kier molecular flexibility index (Phi) is 6.48. The smallest absolute Gasteiger partial charge is 0.333 e. The lowest BCUT2D eigenvalue weighted by molar-refractivity contribution is -0.197. The molecule has 22 heavy (non-hydrogen) atoms. The zero-order chi connectivity index (χ0) is 16.8. The molecule has 0 N–H and O–H groups in total. The maximum absolute atomic E-state index is 11.7. The monoisotopic (exact) mass is 315 g/mol. The fourth-order valence-corrected chi connectivity index (χ4v) is 1.77. The van der Waals surface area contributed by atoms with Gasteiger partial charge in [0.1, 0.15) is 5.60 Å². The predicted molar refractivity (Wildman–Crippen MR) is 73.1 cm³/mol. The Morgan fingerprint density at radius 2 is 1.64 bits per heavy atom. The number of methoxy groups -OCH3 is 1. The van der Waals surface area contributed by atoms with Gasteiger partial charge in [0.25, 0.3) is 11.8 Å². The molecule has 0 radical (unpaired) electrons. The summed E-state index contributed by atoms with van der Waals surface area (Å²) < 4.78 is 10.1. The zero-order valence-corrected chi connectivity index (χ0v) is 13.0. The second-order valence-electron chi connectivity index (χ2n) is 5.52. The molecule has 0 spiro atoms. The van der Waals surface area contributed by atoms with Gasteiger partial charge in [0.15, 0.2) is 0 Å². The third kappa shape index (κ3) is 5.80. The Hall–Kier alpha value is -1.96. The summed E-state index contributed by atoms with van der Waals surface area (Å²) in [5.74, 6) is -2.49. The van der Waals surface area contributed by atoms with Crippen LogP contribution >= 0.6 is 0 Å². The van der Waals surface area contributed by atoms with Gasteiger partial charge in [-0.3, -0.25) is 14.4 Å². The number of nitrogens with zero attached hydrogens (tertiary/aromatic N) is 1. The Morgan fingerprint density at radius 1 is 1.09 bits per heavy atom. The van der Waals surface area contributed by atoms with Crippen LogP contribution in [0.15, 0.2) is 0 Å². The molecule has 1 saturated heterocycles. The molecule has 0 unspecified atom stereocenters. The summed E-state index contributed by atoms with van der Waals surface area (Å²) in [5, 5.41) is 0.455. The minimum Gasteiger partial charge on any atom is -0.460 e. The molecule has 8 nitrogen and oxygen atoms in total. The van der Waals surface area contributed by atoms with E-state index in [2.05, 4.69) is 4.84 Å². The van der Waals surface area contributed by atoms with E-state index in [1.165, 1.54) is 0 Å². The Bertz CT molecular complexity index is 442. The number of rotatable bonds is 8. The number of esters is 1. The summed E-state index contributed by atoms with van der Waals surface area (Å²) in [6, 6.07) is 0. The van der Waals surface area contributed by atoms with Crippen LogP contribution < -0.4 is 0 Å². The molecule has 0 aromatic heterocycles. The van der Waals surface area contributed by atoms with Gasteiger partial charge in [-0.15, -0.1) is 5.06 Å².